The molecular formula is C24H30N4O2S. The number of nitrogens with one attached hydrogen (secondary N) is 1. The quantitative estimate of drug-likeness (QED) is 0.483. The summed E-state index contributed by atoms with van der Waals surface area (Å²) >= 11 is 1.37. The molecule has 0 spiro atoms. The Hall–Kier alpha value is -2.80. The molecule has 0 aliphatic carbocycles. The van der Waals surface area contributed by atoms with Gasteiger partial charge in [-0.2, -0.15) is 0 Å². The minimum Gasteiger partial charge on any atom is -0.486 e. The Balaban J connectivity index is 1.59. The standard InChI is InChI=1S/C24H30N4O2S/c1-6-18-9-8-10-19(7-2)23(18)25-22(29)15-31-24-27-26-21(28(24)5)14-30-20-12-16(3)11-17(4)13-20/h8-13H,6-7,14-15H2,1-5H3,(H,25,29). The van der Waals surface area contributed by atoms with Crippen molar-refractivity contribution in [1.29, 1.82) is 0 Å². The molecule has 164 valence electrons. The van der Waals surface area contributed by atoms with Gasteiger partial charge >= 0.3 is 0 Å². The first-order valence-electron chi connectivity index (χ1n) is 10.5. The molecule has 3 aromatic rings. The van der Waals surface area contributed by atoms with E-state index in [-0.39, 0.29) is 11.7 Å². The van der Waals surface area contributed by atoms with Gasteiger partial charge in [0.25, 0.3) is 0 Å². The number of aryl methyl sites for hydroxylation is 4. The Morgan fingerprint density at radius 2 is 1.71 bits per heavy atom. The van der Waals surface area contributed by atoms with Gasteiger partial charge in [-0.1, -0.05) is 49.9 Å². The smallest absolute Gasteiger partial charge is 0.234 e. The van der Waals surface area contributed by atoms with Crippen LogP contribution in [0.4, 0.5) is 5.69 Å². The molecule has 0 radical (unpaired) electrons. The molecule has 0 saturated heterocycles. The van der Waals surface area contributed by atoms with Crippen LogP contribution in [0.5, 0.6) is 5.75 Å². The molecule has 0 bridgehead atoms. The van der Waals surface area contributed by atoms with Gasteiger partial charge in [-0.3, -0.25) is 4.79 Å². The molecule has 1 amide bonds. The van der Waals surface area contributed by atoms with Gasteiger partial charge in [0.1, 0.15) is 12.4 Å². The predicted octanol–water partition coefficient (Wildman–Crippen LogP) is 4.87. The topological polar surface area (TPSA) is 69.0 Å². The number of carbonyl (C=O) groups is 1. The molecule has 3 rings (SSSR count). The number of ether oxygens (including phenoxy) is 1. The molecule has 2 aromatic carbocycles. The van der Waals surface area contributed by atoms with Crippen molar-refractivity contribution in [1.82, 2.24) is 14.8 Å². The van der Waals surface area contributed by atoms with Gasteiger partial charge in [0, 0.05) is 12.7 Å². The highest BCUT2D eigenvalue weighted by Gasteiger charge is 2.14. The first kappa shape index (κ1) is 22.9. The molecule has 0 unspecified atom stereocenters. The van der Waals surface area contributed by atoms with Crippen molar-refractivity contribution >= 4 is 23.4 Å². The molecule has 0 atom stereocenters. The lowest BCUT2D eigenvalue weighted by atomic mass is 10.0. The Morgan fingerprint density at radius 1 is 1.06 bits per heavy atom. The highest BCUT2D eigenvalue weighted by Crippen LogP contribution is 2.24. The van der Waals surface area contributed by atoms with Crippen molar-refractivity contribution in [2.75, 3.05) is 11.1 Å². The van der Waals surface area contributed by atoms with Gasteiger partial charge in [0.05, 0.1) is 5.75 Å². The van der Waals surface area contributed by atoms with Crippen molar-refractivity contribution in [3.63, 3.8) is 0 Å². The molecule has 6 nitrogen and oxygen atoms in total. The minimum atomic E-state index is -0.0448. The van der Waals surface area contributed by atoms with E-state index >= 15 is 0 Å². The van der Waals surface area contributed by atoms with Gasteiger partial charge in [0.2, 0.25) is 5.91 Å². The first-order valence-corrected chi connectivity index (χ1v) is 11.5. The van der Waals surface area contributed by atoms with Crippen LogP contribution in [-0.2, 0) is 31.3 Å². The lowest BCUT2D eigenvalue weighted by Gasteiger charge is -2.14. The fraction of sp³-hybridized carbons (Fsp3) is 0.375. The molecule has 0 fully saturated rings. The normalized spacial score (nSPS) is 10.9. The average molecular weight is 439 g/mol. The highest BCUT2D eigenvalue weighted by atomic mass is 32.2. The third kappa shape index (κ3) is 5.88. The Kier molecular flexibility index (Phi) is 7.74. The van der Waals surface area contributed by atoms with Crippen LogP contribution in [0.1, 0.15) is 41.9 Å². The largest absolute Gasteiger partial charge is 0.486 e. The number of hydrogen-bond donors (Lipinski definition) is 1. The fourth-order valence-corrected chi connectivity index (χ4v) is 4.20. The predicted molar refractivity (Wildman–Crippen MR) is 126 cm³/mol. The van der Waals surface area contributed by atoms with E-state index in [0.29, 0.717) is 17.6 Å². The van der Waals surface area contributed by atoms with Gasteiger partial charge in [0.15, 0.2) is 11.0 Å². The number of carbonyl (C=O) groups excluding carboxylic acids is 1. The summed E-state index contributed by atoms with van der Waals surface area (Å²) in [5.74, 6) is 1.75. The highest BCUT2D eigenvalue weighted by molar-refractivity contribution is 7.99. The SMILES string of the molecule is CCc1cccc(CC)c1NC(=O)CSc1nnc(COc2cc(C)cc(C)c2)n1C. The summed E-state index contributed by atoms with van der Waals surface area (Å²) in [6, 6.07) is 12.3. The number of aromatic nitrogens is 3. The average Bonchev–Trinajstić information content (AvgIpc) is 3.09. The van der Waals surface area contributed by atoms with Crippen LogP contribution in [0.2, 0.25) is 0 Å². The van der Waals surface area contributed by atoms with Crippen LogP contribution in [0, 0.1) is 13.8 Å². The summed E-state index contributed by atoms with van der Waals surface area (Å²) in [7, 11) is 1.89. The van der Waals surface area contributed by atoms with Crippen molar-refractivity contribution in [3.8, 4) is 5.75 Å². The van der Waals surface area contributed by atoms with E-state index in [1.165, 1.54) is 11.8 Å². The summed E-state index contributed by atoms with van der Waals surface area (Å²) in [6.07, 6.45) is 1.76. The zero-order valence-corrected chi connectivity index (χ0v) is 19.7. The van der Waals surface area contributed by atoms with E-state index < -0.39 is 0 Å². The first-order chi connectivity index (χ1) is 14.9. The van der Waals surface area contributed by atoms with Gasteiger partial charge in [-0.15, -0.1) is 10.2 Å². The minimum absolute atomic E-state index is 0.0448. The number of thioether (sulfide) groups is 1. The number of para-hydroxylation sites is 1. The maximum atomic E-state index is 12.6. The maximum Gasteiger partial charge on any atom is 0.234 e. The molecule has 0 aliphatic rings. The Bertz CT molecular complexity index is 1020. The van der Waals surface area contributed by atoms with Crippen LogP contribution >= 0.6 is 11.8 Å². The van der Waals surface area contributed by atoms with Gasteiger partial charge in [-0.05, 0) is 61.1 Å². The third-order valence-electron chi connectivity index (χ3n) is 5.08. The summed E-state index contributed by atoms with van der Waals surface area (Å²) in [4.78, 5) is 12.6. The van der Waals surface area contributed by atoms with Crippen molar-refractivity contribution in [3.05, 3.63) is 64.5 Å². The second-order valence-electron chi connectivity index (χ2n) is 7.57. The molecule has 1 heterocycles. The number of benzene rings is 2. The Morgan fingerprint density at radius 3 is 2.32 bits per heavy atom. The van der Waals surface area contributed by atoms with E-state index in [1.54, 1.807) is 0 Å². The van der Waals surface area contributed by atoms with Gasteiger partial charge < -0.3 is 14.6 Å². The zero-order valence-electron chi connectivity index (χ0n) is 18.9. The molecule has 7 heteroatoms. The van der Waals surface area contributed by atoms with E-state index in [4.69, 9.17) is 4.74 Å². The number of anilines is 1. The molecule has 0 saturated carbocycles. The van der Waals surface area contributed by atoms with Crippen LogP contribution in [0.3, 0.4) is 0 Å². The number of hydrogen-bond acceptors (Lipinski definition) is 5. The van der Waals surface area contributed by atoms with Crippen LogP contribution in [-0.4, -0.2) is 26.4 Å². The molecule has 1 N–H and O–H groups in total. The Labute approximate surface area is 188 Å². The summed E-state index contributed by atoms with van der Waals surface area (Å²) in [5.41, 5.74) is 5.57. The van der Waals surface area contributed by atoms with Crippen LogP contribution in [0.25, 0.3) is 0 Å². The van der Waals surface area contributed by atoms with Gasteiger partial charge in [-0.25, -0.2) is 0 Å². The van der Waals surface area contributed by atoms with Crippen molar-refractivity contribution in [2.45, 2.75) is 52.3 Å². The van der Waals surface area contributed by atoms with E-state index in [9.17, 15) is 4.79 Å². The monoisotopic (exact) mass is 438 g/mol. The van der Waals surface area contributed by atoms with E-state index in [2.05, 4.69) is 47.6 Å². The lowest BCUT2D eigenvalue weighted by Crippen LogP contribution is -2.17. The summed E-state index contributed by atoms with van der Waals surface area (Å²) in [6.45, 7) is 8.61. The molecular weight excluding hydrogens is 408 g/mol. The van der Waals surface area contributed by atoms with Crippen LogP contribution < -0.4 is 10.1 Å². The number of nitrogens with zero attached hydrogens (tertiary/aromatic N) is 3. The van der Waals surface area contributed by atoms with E-state index in [0.717, 1.165) is 46.5 Å². The number of rotatable bonds is 9. The van der Waals surface area contributed by atoms with E-state index in [1.807, 2.05) is 43.7 Å². The van der Waals surface area contributed by atoms with Crippen LogP contribution in [0.15, 0.2) is 41.6 Å². The summed E-state index contributed by atoms with van der Waals surface area (Å²) in [5, 5.41) is 12.2. The lowest BCUT2D eigenvalue weighted by molar-refractivity contribution is -0.113. The fourth-order valence-electron chi connectivity index (χ4n) is 3.47. The maximum absolute atomic E-state index is 12.6. The second-order valence-corrected chi connectivity index (χ2v) is 8.51. The molecule has 31 heavy (non-hydrogen) atoms. The second kappa shape index (κ2) is 10.5. The zero-order chi connectivity index (χ0) is 22.4. The molecule has 0 aliphatic heterocycles. The van der Waals surface area contributed by atoms with Crippen molar-refractivity contribution < 1.29 is 9.53 Å². The summed E-state index contributed by atoms with van der Waals surface area (Å²) < 4.78 is 7.76. The molecule has 1 aromatic heterocycles. The van der Waals surface area contributed by atoms with Crippen molar-refractivity contribution in [2.24, 2.45) is 7.05 Å². The third-order valence-corrected chi connectivity index (χ3v) is 6.10. The number of amides is 1.